The van der Waals surface area contributed by atoms with Gasteiger partial charge in [0, 0.05) is 0 Å². The molecule has 0 bridgehead atoms. The minimum atomic E-state index is -4.33. The maximum Gasteiger partial charge on any atom is 0.404 e. The third-order valence-corrected chi connectivity index (χ3v) is 0.753. The van der Waals surface area contributed by atoms with E-state index in [2.05, 4.69) is 4.94 Å². The SMILES string of the molecule is FC1(F)NONC1(F)F. The summed E-state index contributed by atoms with van der Waals surface area (Å²) in [6, 6.07) is -8.65. The zero-order chi connectivity index (χ0) is 7.12. The number of hydroxylamine groups is 2. The van der Waals surface area contributed by atoms with Crippen LogP contribution in [0.1, 0.15) is 0 Å². The standard InChI is InChI=1S/C2H2F4N2O/c3-1(4)2(5,6)8-9-7-1/h7-8H. The lowest BCUT2D eigenvalue weighted by molar-refractivity contribution is -0.207. The van der Waals surface area contributed by atoms with E-state index in [1.54, 1.807) is 0 Å². The summed E-state index contributed by atoms with van der Waals surface area (Å²) in [5.74, 6) is 0. The zero-order valence-electron chi connectivity index (χ0n) is 3.92. The van der Waals surface area contributed by atoms with Crippen molar-refractivity contribution in [2.45, 2.75) is 12.1 Å². The molecule has 0 unspecified atom stereocenters. The average Bonchev–Trinajstić information content (AvgIpc) is 1.81. The van der Waals surface area contributed by atoms with Crippen LogP contribution in [0.3, 0.4) is 0 Å². The van der Waals surface area contributed by atoms with E-state index in [0.29, 0.717) is 0 Å². The molecule has 7 heteroatoms. The van der Waals surface area contributed by atoms with E-state index in [9.17, 15) is 17.6 Å². The lowest BCUT2D eigenvalue weighted by atomic mass is 10.5. The van der Waals surface area contributed by atoms with Crippen molar-refractivity contribution >= 4 is 0 Å². The number of halogens is 4. The van der Waals surface area contributed by atoms with E-state index < -0.39 is 12.1 Å². The summed E-state index contributed by atoms with van der Waals surface area (Å²) < 4.78 is 46.7. The number of rotatable bonds is 0. The van der Waals surface area contributed by atoms with Crippen LogP contribution in [0, 0.1) is 0 Å². The van der Waals surface area contributed by atoms with Crippen LogP contribution in [0.25, 0.3) is 0 Å². The van der Waals surface area contributed by atoms with Crippen LogP contribution < -0.4 is 11.0 Å². The van der Waals surface area contributed by atoms with Gasteiger partial charge in [-0.2, -0.15) is 17.6 Å². The van der Waals surface area contributed by atoms with E-state index >= 15 is 0 Å². The van der Waals surface area contributed by atoms with Gasteiger partial charge < -0.3 is 0 Å². The molecule has 0 amide bonds. The normalized spacial score (nSPS) is 30.7. The second-order valence-electron chi connectivity index (χ2n) is 1.45. The van der Waals surface area contributed by atoms with Gasteiger partial charge in [0.1, 0.15) is 0 Å². The van der Waals surface area contributed by atoms with Crippen molar-refractivity contribution in [1.82, 2.24) is 11.0 Å². The summed E-state index contributed by atoms with van der Waals surface area (Å²) in [7, 11) is 0. The smallest absolute Gasteiger partial charge is 0.203 e. The van der Waals surface area contributed by atoms with E-state index in [1.165, 1.54) is 0 Å². The molecule has 0 aromatic rings. The molecule has 1 aliphatic heterocycles. The first kappa shape index (κ1) is 6.72. The van der Waals surface area contributed by atoms with Crippen LogP contribution in [0.5, 0.6) is 0 Å². The Kier molecular flexibility index (Phi) is 1.16. The molecule has 0 aromatic carbocycles. The molecular weight excluding hydrogens is 144 g/mol. The molecule has 3 nitrogen and oxygen atoms in total. The van der Waals surface area contributed by atoms with Crippen molar-refractivity contribution in [1.29, 1.82) is 0 Å². The van der Waals surface area contributed by atoms with Crippen molar-refractivity contribution in [3.05, 3.63) is 0 Å². The molecule has 1 rings (SSSR count). The Labute approximate surface area is 46.9 Å². The molecule has 0 aromatic heterocycles. The Balaban J connectivity index is 2.75. The second kappa shape index (κ2) is 1.55. The van der Waals surface area contributed by atoms with Gasteiger partial charge in [-0.25, -0.2) is 4.94 Å². The molecule has 1 saturated heterocycles. The van der Waals surface area contributed by atoms with Gasteiger partial charge in [0.15, 0.2) is 0 Å². The van der Waals surface area contributed by atoms with Crippen LogP contribution in [0.2, 0.25) is 0 Å². The molecule has 9 heavy (non-hydrogen) atoms. The first-order valence-corrected chi connectivity index (χ1v) is 1.91. The van der Waals surface area contributed by atoms with Crippen molar-refractivity contribution in [2.75, 3.05) is 0 Å². The topological polar surface area (TPSA) is 33.3 Å². The monoisotopic (exact) mass is 146 g/mol. The summed E-state index contributed by atoms with van der Waals surface area (Å²) in [6.07, 6.45) is 0. The molecule has 54 valence electrons. The molecule has 0 atom stereocenters. The maximum atomic E-state index is 11.7. The predicted molar refractivity (Wildman–Crippen MR) is 17.3 cm³/mol. The first-order valence-electron chi connectivity index (χ1n) is 1.91. The summed E-state index contributed by atoms with van der Waals surface area (Å²) in [4.78, 5) is 3.38. The quantitative estimate of drug-likeness (QED) is 0.378. The van der Waals surface area contributed by atoms with Crippen molar-refractivity contribution in [3.8, 4) is 0 Å². The Morgan fingerprint density at radius 1 is 0.889 bits per heavy atom. The second-order valence-corrected chi connectivity index (χ2v) is 1.45. The number of hydrogen-bond acceptors (Lipinski definition) is 3. The van der Waals surface area contributed by atoms with E-state index in [-0.39, 0.29) is 0 Å². The van der Waals surface area contributed by atoms with E-state index in [0.717, 1.165) is 11.0 Å². The van der Waals surface area contributed by atoms with Gasteiger partial charge in [-0.3, -0.25) is 0 Å². The van der Waals surface area contributed by atoms with Crippen molar-refractivity contribution in [3.63, 3.8) is 0 Å². The highest BCUT2D eigenvalue weighted by molar-refractivity contribution is 4.77. The summed E-state index contributed by atoms with van der Waals surface area (Å²) >= 11 is 0. The zero-order valence-corrected chi connectivity index (χ0v) is 3.92. The molecule has 1 fully saturated rings. The van der Waals surface area contributed by atoms with Gasteiger partial charge in [-0.05, 0) is 0 Å². The molecule has 2 N–H and O–H groups in total. The minimum Gasteiger partial charge on any atom is -0.203 e. The fourth-order valence-corrected chi connectivity index (χ4v) is 0.282. The summed E-state index contributed by atoms with van der Waals surface area (Å²) in [5.41, 5.74) is 1.58. The van der Waals surface area contributed by atoms with Gasteiger partial charge in [0.25, 0.3) is 0 Å². The Hall–Kier alpha value is -0.400. The highest BCUT2D eigenvalue weighted by atomic mass is 19.3. The van der Waals surface area contributed by atoms with Crippen molar-refractivity contribution in [2.24, 2.45) is 0 Å². The molecular formula is C2H2F4N2O. The molecule has 0 saturated carbocycles. The fraction of sp³-hybridized carbons (Fsp3) is 1.00. The van der Waals surface area contributed by atoms with Crippen LogP contribution in [-0.4, -0.2) is 12.1 Å². The highest BCUT2D eigenvalue weighted by Crippen LogP contribution is 2.32. The molecule has 1 aliphatic rings. The van der Waals surface area contributed by atoms with Crippen LogP contribution in [0.15, 0.2) is 0 Å². The largest absolute Gasteiger partial charge is 0.404 e. The molecule has 0 radical (unpaired) electrons. The summed E-state index contributed by atoms with van der Waals surface area (Å²) in [6.45, 7) is 0. The number of hydrogen-bond donors (Lipinski definition) is 2. The van der Waals surface area contributed by atoms with Crippen LogP contribution in [0.4, 0.5) is 17.6 Å². The van der Waals surface area contributed by atoms with Crippen LogP contribution in [-0.2, 0) is 4.94 Å². The first-order chi connectivity index (χ1) is 3.96. The third-order valence-electron chi connectivity index (χ3n) is 0.753. The fourth-order valence-electron chi connectivity index (χ4n) is 0.282. The minimum absolute atomic E-state index is 0.792. The van der Waals surface area contributed by atoms with Gasteiger partial charge in [0.05, 0.1) is 0 Å². The van der Waals surface area contributed by atoms with Gasteiger partial charge in [-0.15, -0.1) is 11.0 Å². The Morgan fingerprint density at radius 2 is 1.22 bits per heavy atom. The molecule has 0 spiro atoms. The molecule has 0 aliphatic carbocycles. The highest BCUT2D eigenvalue weighted by Gasteiger charge is 2.62. The lowest BCUT2D eigenvalue weighted by Gasteiger charge is -2.12. The van der Waals surface area contributed by atoms with Crippen molar-refractivity contribution < 1.29 is 22.5 Å². The lowest BCUT2D eigenvalue weighted by Crippen LogP contribution is -2.47. The van der Waals surface area contributed by atoms with Gasteiger partial charge >= 0.3 is 12.1 Å². The van der Waals surface area contributed by atoms with Crippen LogP contribution >= 0.6 is 0 Å². The van der Waals surface area contributed by atoms with Gasteiger partial charge in [-0.1, -0.05) is 0 Å². The Bertz CT molecular complexity index is 112. The van der Waals surface area contributed by atoms with Gasteiger partial charge in [0.2, 0.25) is 0 Å². The van der Waals surface area contributed by atoms with E-state index in [4.69, 9.17) is 0 Å². The predicted octanol–water partition coefficient (Wildman–Crippen LogP) is 0.211. The van der Waals surface area contributed by atoms with E-state index in [1.807, 2.05) is 0 Å². The maximum absolute atomic E-state index is 11.7. The Morgan fingerprint density at radius 3 is 1.33 bits per heavy atom. The number of nitrogens with one attached hydrogen (secondary N) is 2. The molecule has 1 heterocycles. The summed E-state index contributed by atoms with van der Waals surface area (Å²) in [5, 5.41) is 0. The number of alkyl halides is 4. The third kappa shape index (κ3) is 0.865. The average molecular weight is 146 g/mol.